The Morgan fingerprint density at radius 1 is 1.11 bits per heavy atom. The van der Waals surface area contributed by atoms with Crippen LogP contribution >= 0.6 is 0 Å². The lowest BCUT2D eigenvalue weighted by atomic mass is 9.94. The zero-order valence-corrected chi connectivity index (χ0v) is 12.2. The van der Waals surface area contributed by atoms with Crippen LogP contribution in [0.3, 0.4) is 0 Å². The van der Waals surface area contributed by atoms with Crippen LogP contribution in [0.4, 0.5) is 0 Å². The van der Waals surface area contributed by atoms with E-state index in [1.54, 1.807) is 0 Å². The number of hydrogen-bond acceptors (Lipinski definition) is 2. The molecule has 1 rings (SSSR count). The summed E-state index contributed by atoms with van der Waals surface area (Å²) in [6.45, 7) is 8.22. The molecule has 1 aromatic carbocycles. The number of carbonyl (C=O) groups excluding carboxylic acids is 1. The van der Waals surface area contributed by atoms with Crippen molar-refractivity contribution in [2.75, 3.05) is 7.05 Å². The van der Waals surface area contributed by atoms with E-state index in [0.717, 1.165) is 6.42 Å². The lowest BCUT2D eigenvalue weighted by Gasteiger charge is -2.31. The van der Waals surface area contributed by atoms with Crippen LogP contribution in [0.1, 0.15) is 33.3 Å². The van der Waals surface area contributed by atoms with Crippen LogP contribution in [0.15, 0.2) is 30.3 Å². The highest BCUT2D eigenvalue weighted by molar-refractivity contribution is 5.86. The summed E-state index contributed by atoms with van der Waals surface area (Å²) >= 11 is 0. The number of rotatable bonds is 6. The maximum atomic E-state index is 12.4. The molecule has 0 spiro atoms. The maximum Gasteiger partial charge on any atom is 0.152 e. The van der Waals surface area contributed by atoms with Gasteiger partial charge in [-0.1, -0.05) is 44.2 Å². The minimum absolute atomic E-state index is 0.0209. The van der Waals surface area contributed by atoms with Gasteiger partial charge in [-0.15, -0.1) is 0 Å². The fourth-order valence-corrected chi connectivity index (χ4v) is 2.03. The Hall–Kier alpha value is -1.15. The average molecular weight is 247 g/mol. The van der Waals surface area contributed by atoms with Gasteiger partial charge in [-0.05, 0) is 32.9 Å². The minimum atomic E-state index is -0.0209. The van der Waals surface area contributed by atoms with Crippen molar-refractivity contribution in [3.63, 3.8) is 0 Å². The third kappa shape index (κ3) is 3.95. The van der Waals surface area contributed by atoms with Crippen molar-refractivity contribution < 1.29 is 4.79 Å². The van der Waals surface area contributed by atoms with Gasteiger partial charge in [0.2, 0.25) is 0 Å². The van der Waals surface area contributed by atoms with E-state index in [1.165, 1.54) is 5.56 Å². The average Bonchev–Trinajstić information content (AvgIpc) is 2.35. The molecule has 100 valence electrons. The molecule has 2 heteroatoms. The highest BCUT2D eigenvalue weighted by Crippen LogP contribution is 2.15. The molecule has 1 atom stereocenters. The van der Waals surface area contributed by atoms with Crippen molar-refractivity contribution >= 4 is 5.78 Å². The first-order valence-electron chi connectivity index (χ1n) is 6.73. The number of carbonyl (C=O) groups is 1. The predicted molar refractivity (Wildman–Crippen MR) is 76.7 cm³/mol. The van der Waals surface area contributed by atoms with E-state index in [0.29, 0.717) is 11.8 Å². The zero-order chi connectivity index (χ0) is 13.7. The van der Waals surface area contributed by atoms with E-state index in [1.807, 2.05) is 39.1 Å². The van der Waals surface area contributed by atoms with Gasteiger partial charge in [0.15, 0.2) is 5.78 Å². The molecule has 18 heavy (non-hydrogen) atoms. The van der Waals surface area contributed by atoms with E-state index in [2.05, 4.69) is 30.9 Å². The van der Waals surface area contributed by atoms with Gasteiger partial charge in [0.1, 0.15) is 0 Å². The topological polar surface area (TPSA) is 20.3 Å². The largest absolute Gasteiger partial charge is 0.298 e. The Kier molecular flexibility index (Phi) is 5.54. The van der Waals surface area contributed by atoms with Crippen LogP contribution < -0.4 is 0 Å². The predicted octanol–water partition coefficient (Wildman–Crippen LogP) is 3.16. The third-order valence-corrected chi connectivity index (χ3v) is 3.48. The Bertz CT molecular complexity index is 370. The fraction of sp³-hybridized carbons (Fsp3) is 0.562. The Balaban J connectivity index is 2.88. The van der Waals surface area contributed by atoms with Crippen molar-refractivity contribution in [2.24, 2.45) is 5.92 Å². The summed E-state index contributed by atoms with van der Waals surface area (Å²) in [7, 11) is 2.04. The quantitative estimate of drug-likeness (QED) is 0.769. The lowest BCUT2D eigenvalue weighted by molar-refractivity contribution is -0.127. The summed E-state index contributed by atoms with van der Waals surface area (Å²) in [5.74, 6) is 0.412. The fourth-order valence-electron chi connectivity index (χ4n) is 2.03. The highest BCUT2D eigenvalue weighted by Gasteiger charge is 2.26. The summed E-state index contributed by atoms with van der Waals surface area (Å²) in [6, 6.07) is 10.6. The van der Waals surface area contributed by atoms with E-state index in [9.17, 15) is 4.79 Å². The van der Waals surface area contributed by atoms with E-state index < -0.39 is 0 Å². The zero-order valence-electron chi connectivity index (χ0n) is 12.2. The van der Waals surface area contributed by atoms with Gasteiger partial charge < -0.3 is 0 Å². The molecule has 0 aliphatic heterocycles. The Labute approximate surface area is 111 Å². The normalized spacial score (nSPS) is 13.3. The summed E-state index contributed by atoms with van der Waals surface area (Å²) in [6.07, 6.45) is 0.798. The monoisotopic (exact) mass is 247 g/mol. The molecule has 0 saturated heterocycles. The molecule has 0 unspecified atom stereocenters. The summed E-state index contributed by atoms with van der Waals surface area (Å²) in [5.41, 5.74) is 1.23. The number of Topliss-reactive ketones (excluding diaryl/α,β-unsaturated/α-hetero) is 1. The Morgan fingerprint density at radius 2 is 1.67 bits per heavy atom. The molecular formula is C16H25NO. The summed E-state index contributed by atoms with van der Waals surface area (Å²) in [5, 5.41) is 0. The van der Waals surface area contributed by atoms with Crippen LogP contribution in [0.2, 0.25) is 0 Å². The van der Waals surface area contributed by atoms with Crippen molar-refractivity contribution in [3.8, 4) is 0 Å². The van der Waals surface area contributed by atoms with Gasteiger partial charge in [0, 0.05) is 12.0 Å². The van der Waals surface area contributed by atoms with Crippen molar-refractivity contribution in [1.82, 2.24) is 4.90 Å². The van der Waals surface area contributed by atoms with E-state index >= 15 is 0 Å². The van der Waals surface area contributed by atoms with Gasteiger partial charge >= 0.3 is 0 Å². The number of nitrogens with zero attached hydrogens (tertiary/aromatic N) is 1. The molecule has 0 aliphatic rings. The second-order valence-electron chi connectivity index (χ2n) is 5.52. The molecule has 0 heterocycles. The SMILES string of the molecule is CC(C)C(=O)[C@H](Cc1ccccc1)N(C)C(C)C. The molecule has 1 aromatic rings. The van der Waals surface area contributed by atoms with Gasteiger partial charge in [-0.2, -0.15) is 0 Å². The molecule has 0 amide bonds. The molecule has 2 nitrogen and oxygen atoms in total. The van der Waals surface area contributed by atoms with E-state index in [-0.39, 0.29) is 12.0 Å². The lowest BCUT2D eigenvalue weighted by Crippen LogP contribution is -2.45. The number of likely N-dealkylation sites (N-methyl/N-ethyl adjacent to an activating group) is 1. The first-order chi connectivity index (χ1) is 8.43. The number of benzene rings is 1. The van der Waals surface area contributed by atoms with Gasteiger partial charge in [-0.25, -0.2) is 0 Å². The molecule has 0 aliphatic carbocycles. The second kappa shape index (κ2) is 6.69. The smallest absolute Gasteiger partial charge is 0.152 e. The Morgan fingerprint density at radius 3 is 2.11 bits per heavy atom. The molecule has 0 bridgehead atoms. The van der Waals surface area contributed by atoms with Crippen molar-refractivity contribution in [3.05, 3.63) is 35.9 Å². The maximum absolute atomic E-state index is 12.4. The van der Waals surface area contributed by atoms with Crippen LogP contribution in [-0.2, 0) is 11.2 Å². The molecular weight excluding hydrogens is 222 g/mol. The first kappa shape index (κ1) is 14.9. The third-order valence-electron chi connectivity index (χ3n) is 3.48. The summed E-state index contributed by atoms with van der Waals surface area (Å²) < 4.78 is 0. The van der Waals surface area contributed by atoms with Crippen molar-refractivity contribution in [1.29, 1.82) is 0 Å². The standard InChI is InChI=1S/C16H25NO/c1-12(2)16(18)15(17(5)13(3)4)11-14-9-7-6-8-10-14/h6-10,12-13,15H,11H2,1-5H3/t15-/m0/s1. The first-order valence-corrected chi connectivity index (χ1v) is 6.73. The highest BCUT2D eigenvalue weighted by atomic mass is 16.1. The second-order valence-corrected chi connectivity index (χ2v) is 5.52. The number of ketones is 1. The molecule has 0 saturated carbocycles. The van der Waals surface area contributed by atoms with Crippen molar-refractivity contribution in [2.45, 2.75) is 46.2 Å². The van der Waals surface area contributed by atoms with Crippen LogP contribution in [0, 0.1) is 5.92 Å². The van der Waals surface area contributed by atoms with Crippen LogP contribution in [0.5, 0.6) is 0 Å². The molecule has 0 fully saturated rings. The van der Waals surface area contributed by atoms with Crippen LogP contribution in [0.25, 0.3) is 0 Å². The molecule has 0 radical (unpaired) electrons. The van der Waals surface area contributed by atoms with E-state index in [4.69, 9.17) is 0 Å². The minimum Gasteiger partial charge on any atom is -0.298 e. The molecule has 0 aromatic heterocycles. The molecule has 0 N–H and O–H groups in total. The summed E-state index contributed by atoms with van der Waals surface area (Å²) in [4.78, 5) is 14.5. The van der Waals surface area contributed by atoms with Gasteiger partial charge in [0.05, 0.1) is 6.04 Å². The number of hydrogen-bond donors (Lipinski definition) is 0. The van der Waals surface area contributed by atoms with Gasteiger partial charge in [0.25, 0.3) is 0 Å². The van der Waals surface area contributed by atoms with Gasteiger partial charge in [-0.3, -0.25) is 9.69 Å². The van der Waals surface area contributed by atoms with Crippen LogP contribution in [-0.4, -0.2) is 29.8 Å².